The van der Waals surface area contributed by atoms with E-state index in [-0.39, 0.29) is 28.0 Å². The van der Waals surface area contributed by atoms with E-state index in [4.69, 9.17) is 16.3 Å². The molecule has 0 saturated heterocycles. The van der Waals surface area contributed by atoms with Gasteiger partial charge in [0.15, 0.2) is 0 Å². The summed E-state index contributed by atoms with van der Waals surface area (Å²) in [6.45, 7) is 1.89. The number of halogens is 2. The van der Waals surface area contributed by atoms with Crippen molar-refractivity contribution < 1.29 is 18.7 Å². The molecule has 1 heterocycles. The van der Waals surface area contributed by atoms with Crippen LogP contribution in [0.3, 0.4) is 0 Å². The van der Waals surface area contributed by atoms with Crippen LogP contribution in [0.5, 0.6) is 0 Å². The number of carbonyl (C=O) groups excluding carboxylic acids is 2. The summed E-state index contributed by atoms with van der Waals surface area (Å²) in [6.07, 6.45) is 0. The number of aromatic nitrogens is 1. The maximum atomic E-state index is 13.6. The SMILES string of the molecule is CCOC(=O)c1nc(C(=O)Nc2ccc(Cl)cc2F)cs1. The second-order valence-corrected chi connectivity index (χ2v) is 5.13. The van der Waals surface area contributed by atoms with Gasteiger partial charge in [0, 0.05) is 10.4 Å². The minimum absolute atomic E-state index is 0.0115. The molecule has 0 radical (unpaired) electrons. The topological polar surface area (TPSA) is 68.3 Å². The third-order valence-electron chi connectivity index (χ3n) is 2.37. The van der Waals surface area contributed by atoms with Gasteiger partial charge in [-0.25, -0.2) is 14.2 Å². The van der Waals surface area contributed by atoms with Crippen molar-refractivity contribution in [2.24, 2.45) is 0 Å². The zero-order chi connectivity index (χ0) is 15.4. The summed E-state index contributed by atoms with van der Waals surface area (Å²) in [4.78, 5) is 27.2. The Hall–Kier alpha value is -1.99. The molecule has 8 heteroatoms. The van der Waals surface area contributed by atoms with Gasteiger partial charge in [-0.1, -0.05) is 11.6 Å². The lowest BCUT2D eigenvalue weighted by molar-refractivity contribution is 0.0526. The van der Waals surface area contributed by atoms with Crippen molar-refractivity contribution in [3.63, 3.8) is 0 Å². The number of amides is 1. The number of benzene rings is 1. The second kappa shape index (κ2) is 6.64. The molecule has 0 saturated carbocycles. The van der Waals surface area contributed by atoms with E-state index in [9.17, 15) is 14.0 Å². The van der Waals surface area contributed by atoms with E-state index in [1.54, 1.807) is 6.92 Å². The highest BCUT2D eigenvalue weighted by molar-refractivity contribution is 7.11. The molecule has 0 unspecified atom stereocenters. The van der Waals surface area contributed by atoms with Gasteiger partial charge < -0.3 is 10.1 Å². The normalized spacial score (nSPS) is 10.2. The number of hydrogen-bond acceptors (Lipinski definition) is 5. The molecule has 2 rings (SSSR count). The molecule has 0 aliphatic heterocycles. The van der Waals surface area contributed by atoms with E-state index >= 15 is 0 Å². The highest BCUT2D eigenvalue weighted by Crippen LogP contribution is 2.20. The standard InChI is InChI=1S/C13H10ClFN2O3S/c1-2-20-13(19)12-17-10(6-21-12)11(18)16-9-4-3-7(14)5-8(9)15/h3-6H,2H2,1H3,(H,16,18). The van der Waals surface area contributed by atoms with Crippen molar-refractivity contribution in [2.75, 3.05) is 11.9 Å². The molecule has 1 aromatic heterocycles. The average molecular weight is 329 g/mol. The van der Waals surface area contributed by atoms with E-state index in [1.165, 1.54) is 17.5 Å². The van der Waals surface area contributed by atoms with Gasteiger partial charge in [-0.05, 0) is 25.1 Å². The molecule has 0 bridgehead atoms. The number of anilines is 1. The molecular weight excluding hydrogens is 319 g/mol. The Balaban J connectivity index is 2.12. The van der Waals surface area contributed by atoms with Crippen molar-refractivity contribution in [3.05, 3.63) is 45.1 Å². The predicted molar refractivity (Wildman–Crippen MR) is 77.4 cm³/mol. The number of carbonyl (C=O) groups is 2. The molecule has 0 atom stereocenters. The maximum absolute atomic E-state index is 13.6. The van der Waals surface area contributed by atoms with E-state index < -0.39 is 17.7 Å². The summed E-state index contributed by atoms with van der Waals surface area (Å²) in [6, 6.07) is 3.88. The van der Waals surface area contributed by atoms with Crippen molar-refractivity contribution >= 4 is 40.5 Å². The molecule has 0 aliphatic carbocycles. The summed E-state index contributed by atoms with van der Waals surface area (Å²) in [7, 11) is 0. The summed E-state index contributed by atoms with van der Waals surface area (Å²) >= 11 is 6.61. The van der Waals surface area contributed by atoms with Gasteiger partial charge in [0.05, 0.1) is 12.3 Å². The van der Waals surface area contributed by atoms with Gasteiger partial charge in [0.1, 0.15) is 11.5 Å². The molecule has 0 aliphatic rings. The fourth-order valence-electron chi connectivity index (χ4n) is 1.44. The number of esters is 1. The van der Waals surface area contributed by atoms with Crippen LogP contribution in [-0.4, -0.2) is 23.5 Å². The number of ether oxygens (including phenoxy) is 1. The summed E-state index contributed by atoms with van der Waals surface area (Å²) in [5.74, 6) is -1.88. The molecule has 5 nitrogen and oxygen atoms in total. The first-order valence-corrected chi connectivity index (χ1v) is 7.16. The van der Waals surface area contributed by atoms with Crippen LogP contribution in [-0.2, 0) is 4.74 Å². The smallest absolute Gasteiger partial charge is 0.367 e. The van der Waals surface area contributed by atoms with E-state index in [2.05, 4.69) is 10.3 Å². The van der Waals surface area contributed by atoms with E-state index in [0.29, 0.717) is 0 Å². The highest BCUT2D eigenvalue weighted by atomic mass is 35.5. The highest BCUT2D eigenvalue weighted by Gasteiger charge is 2.17. The van der Waals surface area contributed by atoms with E-state index in [0.717, 1.165) is 17.4 Å². The maximum Gasteiger partial charge on any atom is 0.367 e. The average Bonchev–Trinajstić information content (AvgIpc) is 2.92. The van der Waals surface area contributed by atoms with E-state index in [1.807, 2.05) is 0 Å². The Kier molecular flexibility index (Phi) is 4.87. The van der Waals surface area contributed by atoms with Gasteiger partial charge in [-0.3, -0.25) is 4.79 Å². The number of rotatable bonds is 4. The predicted octanol–water partition coefficient (Wildman–Crippen LogP) is 3.36. The van der Waals surface area contributed by atoms with Crippen LogP contribution in [0.25, 0.3) is 0 Å². The quantitative estimate of drug-likeness (QED) is 0.874. The fraction of sp³-hybridized carbons (Fsp3) is 0.154. The molecule has 110 valence electrons. The summed E-state index contributed by atoms with van der Waals surface area (Å²) < 4.78 is 18.3. The lowest BCUT2D eigenvalue weighted by Crippen LogP contribution is -2.14. The Morgan fingerprint density at radius 2 is 2.24 bits per heavy atom. The molecule has 2 aromatic rings. The van der Waals surface area contributed by atoms with Crippen molar-refractivity contribution in [1.29, 1.82) is 0 Å². The van der Waals surface area contributed by atoms with Crippen LogP contribution >= 0.6 is 22.9 Å². The summed E-state index contributed by atoms with van der Waals surface area (Å²) in [5.41, 5.74) is -0.00696. The first kappa shape index (κ1) is 15.4. The Morgan fingerprint density at radius 3 is 2.90 bits per heavy atom. The molecule has 1 amide bonds. The molecule has 0 fully saturated rings. The number of nitrogens with one attached hydrogen (secondary N) is 1. The largest absolute Gasteiger partial charge is 0.461 e. The monoisotopic (exact) mass is 328 g/mol. The number of thiazole rings is 1. The van der Waals surface area contributed by atoms with Crippen LogP contribution in [0, 0.1) is 5.82 Å². The van der Waals surface area contributed by atoms with Crippen molar-refractivity contribution in [3.8, 4) is 0 Å². The number of nitrogens with zero attached hydrogens (tertiary/aromatic N) is 1. The lowest BCUT2D eigenvalue weighted by Gasteiger charge is -2.04. The zero-order valence-corrected chi connectivity index (χ0v) is 12.4. The minimum Gasteiger partial charge on any atom is -0.461 e. The molecule has 0 spiro atoms. The zero-order valence-electron chi connectivity index (χ0n) is 10.9. The Labute approximate surface area is 128 Å². The van der Waals surface area contributed by atoms with Crippen LogP contribution in [0.15, 0.2) is 23.6 Å². The fourth-order valence-corrected chi connectivity index (χ4v) is 2.29. The van der Waals surface area contributed by atoms with Crippen LogP contribution < -0.4 is 5.32 Å². The lowest BCUT2D eigenvalue weighted by atomic mass is 10.3. The van der Waals surface area contributed by atoms with Crippen LogP contribution in [0.4, 0.5) is 10.1 Å². The second-order valence-electron chi connectivity index (χ2n) is 3.84. The molecule has 21 heavy (non-hydrogen) atoms. The first-order valence-electron chi connectivity index (χ1n) is 5.90. The third-order valence-corrected chi connectivity index (χ3v) is 3.42. The van der Waals surface area contributed by atoms with Gasteiger partial charge in [0.2, 0.25) is 5.01 Å². The third kappa shape index (κ3) is 3.77. The van der Waals surface area contributed by atoms with Gasteiger partial charge in [0.25, 0.3) is 5.91 Å². The molecule has 1 N–H and O–H groups in total. The van der Waals surface area contributed by atoms with Gasteiger partial charge in [-0.2, -0.15) is 0 Å². The first-order chi connectivity index (χ1) is 10.0. The van der Waals surface area contributed by atoms with Crippen LogP contribution in [0.2, 0.25) is 5.02 Å². The Bertz CT molecular complexity index is 690. The summed E-state index contributed by atoms with van der Waals surface area (Å²) in [5, 5.41) is 4.05. The van der Waals surface area contributed by atoms with Crippen LogP contribution in [0.1, 0.15) is 27.2 Å². The molecule has 1 aromatic carbocycles. The van der Waals surface area contributed by atoms with Crippen molar-refractivity contribution in [2.45, 2.75) is 6.92 Å². The Morgan fingerprint density at radius 1 is 1.48 bits per heavy atom. The minimum atomic E-state index is -0.656. The van der Waals surface area contributed by atoms with Gasteiger partial charge >= 0.3 is 5.97 Å². The van der Waals surface area contributed by atoms with Crippen molar-refractivity contribution in [1.82, 2.24) is 4.98 Å². The molecular formula is C13H10ClFN2O3S. The number of hydrogen-bond donors (Lipinski definition) is 1. The van der Waals surface area contributed by atoms with Gasteiger partial charge in [-0.15, -0.1) is 11.3 Å².